The molecule has 1 aromatic heterocycles. The maximum absolute atomic E-state index is 11.3. The lowest BCUT2D eigenvalue weighted by Gasteiger charge is -1.96. The molecule has 1 heterocycles. The van der Waals surface area contributed by atoms with E-state index >= 15 is 0 Å². The summed E-state index contributed by atoms with van der Waals surface area (Å²) in [6, 6.07) is 0. The molecule has 4 nitrogen and oxygen atoms in total. The van der Waals surface area contributed by atoms with E-state index in [2.05, 4.69) is 18.1 Å². The molecule has 0 fully saturated rings. The molecule has 74 valence electrons. The molecule has 1 rings (SSSR count). The van der Waals surface area contributed by atoms with Gasteiger partial charge in [-0.15, -0.1) is 0 Å². The van der Waals surface area contributed by atoms with Crippen molar-refractivity contribution < 1.29 is 13.9 Å². The van der Waals surface area contributed by atoms with Gasteiger partial charge in [-0.3, -0.25) is 0 Å². The maximum Gasteiger partial charge on any atom is 0.360 e. The molecule has 0 unspecified atom stereocenters. The summed E-state index contributed by atoms with van der Waals surface area (Å²) >= 11 is 0. The number of carbonyl (C=O) groups is 1. The highest BCUT2D eigenvalue weighted by Crippen LogP contribution is 2.14. The van der Waals surface area contributed by atoms with E-state index in [4.69, 9.17) is 9.15 Å². The van der Waals surface area contributed by atoms with Crippen LogP contribution in [0.5, 0.6) is 0 Å². The van der Waals surface area contributed by atoms with E-state index in [-0.39, 0.29) is 11.6 Å². The van der Waals surface area contributed by atoms with Crippen LogP contribution in [0.1, 0.15) is 29.1 Å². The number of rotatable bonds is 4. The molecular weight excluding hydrogens is 182 g/mol. The fourth-order valence-electron chi connectivity index (χ4n) is 0.920. The summed E-state index contributed by atoms with van der Waals surface area (Å²) in [5.41, 5.74) is 0.136. The fraction of sp³-hybridized carbons (Fsp3) is 0.200. The topological polar surface area (TPSA) is 52.3 Å². The Hall–Kier alpha value is -1.84. The fourth-order valence-corrected chi connectivity index (χ4v) is 0.920. The van der Waals surface area contributed by atoms with Gasteiger partial charge in [-0.25, -0.2) is 9.78 Å². The van der Waals surface area contributed by atoms with Gasteiger partial charge in [-0.05, 0) is 19.1 Å². The van der Waals surface area contributed by atoms with Crippen molar-refractivity contribution >= 4 is 18.1 Å². The van der Waals surface area contributed by atoms with Crippen LogP contribution in [-0.2, 0) is 4.74 Å². The summed E-state index contributed by atoms with van der Waals surface area (Å²) in [5, 5.41) is 0. The van der Waals surface area contributed by atoms with Gasteiger partial charge in [0.15, 0.2) is 11.5 Å². The van der Waals surface area contributed by atoms with Crippen molar-refractivity contribution in [3.8, 4) is 0 Å². The first-order chi connectivity index (χ1) is 6.72. The molecular formula is C10H11NO3. The van der Waals surface area contributed by atoms with Crippen LogP contribution < -0.4 is 0 Å². The van der Waals surface area contributed by atoms with E-state index in [9.17, 15) is 4.79 Å². The van der Waals surface area contributed by atoms with Gasteiger partial charge in [-0.2, -0.15) is 0 Å². The van der Waals surface area contributed by atoms with Crippen molar-refractivity contribution in [2.75, 3.05) is 6.61 Å². The average molecular weight is 193 g/mol. The average Bonchev–Trinajstić information content (AvgIpc) is 2.61. The van der Waals surface area contributed by atoms with E-state index < -0.39 is 5.97 Å². The van der Waals surface area contributed by atoms with Crippen molar-refractivity contribution in [2.24, 2.45) is 0 Å². The lowest BCUT2D eigenvalue weighted by atomic mass is 10.3. The second-order valence-corrected chi connectivity index (χ2v) is 2.39. The van der Waals surface area contributed by atoms with Crippen LogP contribution in [0.3, 0.4) is 0 Å². The molecule has 0 spiro atoms. The van der Waals surface area contributed by atoms with Gasteiger partial charge >= 0.3 is 5.97 Å². The lowest BCUT2D eigenvalue weighted by Crippen LogP contribution is -2.06. The summed E-state index contributed by atoms with van der Waals surface area (Å²) in [6.07, 6.45) is 2.82. The van der Waals surface area contributed by atoms with Crippen molar-refractivity contribution in [3.05, 3.63) is 30.5 Å². The zero-order valence-corrected chi connectivity index (χ0v) is 7.95. The monoisotopic (exact) mass is 193 g/mol. The zero-order valence-electron chi connectivity index (χ0n) is 7.95. The van der Waals surface area contributed by atoms with Crippen molar-refractivity contribution in [1.29, 1.82) is 0 Å². The SMILES string of the molecule is C=Cc1nc(C(=O)OCC)c(C=C)o1. The molecule has 4 heteroatoms. The molecule has 0 aliphatic rings. The standard InChI is InChI=1S/C10H11NO3/c1-4-7-9(10(12)13-6-3)11-8(5-2)14-7/h4-5H,1-2,6H2,3H3. The molecule has 14 heavy (non-hydrogen) atoms. The number of hydrogen-bond donors (Lipinski definition) is 0. The number of aromatic nitrogens is 1. The van der Waals surface area contributed by atoms with Crippen molar-refractivity contribution in [3.63, 3.8) is 0 Å². The molecule has 0 aliphatic heterocycles. The van der Waals surface area contributed by atoms with Gasteiger partial charge in [0.25, 0.3) is 0 Å². The summed E-state index contributed by atoms with van der Waals surface area (Å²) in [4.78, 5) is 15.2. The quantitative estimate of drug-likeness (QED) is 0.687. The first kappa shape index (κ1) is 10.2. The van der Waals surface area contributed by atoms with Crippen molar-refractivity contribution in [1.82, 2.24) is 4.98 Å². The Labute approximate surface area is 81.9 Å². The first-order valence-corrected chi connectivity index (χ1v) is 4.15. The molecule has 0 N–H and O–H groups in total. The Bertz CT molecular complexity index is 365. The van der Waals surface area contributed by atoms with Gasteiger partial charge in [0.1, 0.15) is 0 Å². The molecule has 0 saturated carbocycles. The number of ether oxygens (including phenoxy) is 1. The summed E-state index contributed by atoms with van der Waals surface area (Å²) in [7, 11) is 0. The molecule has 1 aromatic rings. The Morgan fingerprint density at radius 3 is 2.79 bits per heavy atom. The largest absolute Gasteiger partial charge is 0.461 e. The number of hydrogen-bond acceptors (Lipinski definition) is 4. The van der Waals surface area contributed by atoms with Crippen LogP contribution in [-0.4, -0.2) is 17.6 Å². The Morgan fingerprint density at radius 2 is 2.29 bits per heavy atom. The smallest absolute Gasteiger partial charge is 0.360 e. The molecule has 0 atom stereocenters. The number of carbonyl (C=O) groups excluding carboxylic acids is 1. The second kappa shape index (κ2) is 4.41. The predicted octanol–water partition coefficient (Wildman–Crippen LogP) is 2.14. The Balaban J connectivity index is 3.05. The second-order valence-electron chi connectivity index (χ2n) is 2.39. The molecule has 0 aromatic carbocycles. The summed E-state index contributed by atoms with van der Waals surface area (Å²) < 4.78 is 9.92. The van der Waals surface area contributed by atoms with Crippen LogP contribution in [0.15, 0.2) is 17.6 Å². The Morgan fingerprint density at radius 1 is 1.57 bits per heavy atom. The summed E-state index contributed by atoms with van der Waals surface area (Å²) in [6.45, 7) is 9.01. The Kier molecular flexibility index (Phi) is 3.23. The molecule has 0 amide bonds. The highest BCUT2D eigenvalue weighted by atomic mass is 16.5. The number of esters is 1. The minimum atomic E-state index is -0.515. The van der Waals surface area contributed by atoms with E-state index in [0.717, 1.165) is 0 Å². The van der Waals surface area contributed by atoms with E-state index in [0.29, 0.717) is 12.4 Å². The number of oxazole rings is 1. The predicted molar refractivity (Wildman–Crippen MR) is 52.6 cm³/mol. The van der Waals surface area contributed by atoms with E-state index in [1.165, 1.54) is 12.2 Å². The van der Waals surface area contributed by atoms with Crippen molar-refractivity contribution in [2.45, 2.75) is 6.92 Å². The van der Waals surface area contributed by atoms with Gasteiger partial charge in [-0.1, -0.05) is 13.2 Å². The molecule has 0 radical (unpaired) electrons. The first-order valence-electron chi connectivity index (χ1n) is 4.15. The maximum atomic E-state index is 11.3. The third-order valence-corrected chi connectivity index (χ3v) is 1.50. The highest BCUT2D eigenvalue weighted by Gasteiger charge is 2.17. The van der Waals surface area contributed by atoms with Gasteiger partial charge in [0, 0.05) is 0 Å². The van der Waals surface area contributed by atoms with Crippen LogP contribution in [0.25, 0.3) is 12.2 Å². The summed E-state index contributed by atoms with van der Waals surface area (Å²) in [5.74, 6) is 0.0700. The van der Waals surface area contributed by atoms with Gasteiger partial charge < -0.3 is 9.15 Å². The minimum Gasteiger partial charge on any atom is -0.461 e. The highest BCUT2D eigenvalue weighted by molar-refractivity contribution is 5.90. The molecule has 0 saturated heterocycles. The van der Waals surface area contributed by atoms with E-state index in [1.54, 1.807) is 6.92 Å². The normalized spacial score (nSPS) is 9.50. The van der Waals surface area contributed by atoms with Crippen LogP contribution >= 0.6 is 0 Å². The van der Waals surface area contributed by atoms with Crippen LogP contribution in [0.2, 0.25) is 0 Å². The number of nitrogens with zero attached hydrogens (tertiary/aromatic N) is 1. The van der Waals surface area contributed by atoms with Crippen LogP contribution in [0, 0.1) is 0 Å². The third kappa shape index (κ3) is 1.90. The van der Waals surface area contributed by atoms with Crippen LogP contribution in [0.4, 0.5) is 0 Å². The lowest BCUT2D eigenvalue weighted by molar-refractivity contribution is 0.0519. The van der Waals surface area contributed by atoms with Gasteiger partial charge in [0.05, 0.1) is 6.61 Å². The molecule has 0 aliphatic carbocycles. The van der Waals surface area contributed by atoms with E-state index in [1.807, 2.05) is 0 Å². The third-order valence-electron chi connectivity index (χ3n) is 1.50. The molecule has 0 bridgehead atoms. The minimum absolute atomic E-state index is 0.136. The zero-order chi connectivity index (χ0) is 10.6. The van der Waals surface area contributed by atoms with Gasteiger partial charge in [0.2, 0.25) is 5.89 Å².